The van der Waals surface area contributed by atoms with Crippen molar-refractivity contribution < 1.29 is 9.53 Å². The number of ether oxygens (including phenoxy) is 1. The van der Waals surface area contributed by atoms with Gasteiger partial charge in [0.1, 0.15) is 6.54 Å². The van der Waals surface area contributed by atoms with Crippen molar-refractivity contribution in [2.45, 2.75) is 0 Å². The Morgan fingerprint density at radius 1 is 1.47 bits per heavy atom. The molecule has 0 radical (unpaired) electrons. The lowest BCUT2D eigenvalue weighted by molar-refractivity contribution is -0.138. The van der Waals surface area contributed by atoms with Crippen molar-refractivity contribution >= 4 is 33.1 Å². The standard InChI is InChI=1S/C11H11NO2S/c1-14-10(13)7-12-9-4-2-3-8-5-6-15-11(8)9/h2-6,12H,7H2,1H3. The number of benzene rings is 1. The van der Waals surface area contributed by atoms with Crippen LogP contribution in [0.25, 0.3) is 10.1 Å². The van der Waals surface area contributed by atoms with Crippen molar-refractivity contribution in [1.82, 2.24) is 0 Å². The maximum absolute atomic E-state index is 11.0. The van der Waals surface area contributed by atoms with Gasteiger partial charge in [-0.3, -0.25) is 4.79 Å². The van der Waals surface area contributed by atoms with Crippen LogP contribution in [0.15, 0.2) is 29.6 Å². The molecule has 0 aliphatic rings. The first-order chi connectivity index (χ1) is 7.31. The van der Waals surface area contributed by atoms with E-state index >= 15 is 0 Å². The minimum absolute atomic E-state index is 0.202. The molecule has 15 heavy (non-hydrogen) atoms. The molecule has 78 valence electrons. The number of nitrogens with one attached hydrogen (secondary N) is 1. The molecule has 2 aromatic rings. The highest BCUT2D eigenvalue weighted by atomic mass is 32.1. The third-order valence-electron chi connectivity index (χ3n) is 2.13. The minimum Gasteiger partial charge on any atom is -0.468 e. The predicted octanol–water partition coefficient (Wildman–Crippen LogP) is 2.49. The summed E-state index contributed by atoms with van der Waals surface area (Å²) in [7, 11) is 1.38. The van der Waals surface area contributed by atoms with Crippen LogP contribution in [0.5, 0.6) is 0 Å². The highest BCUT2D eigenvalue weighted by Crippen LogP contribution is 2.28. The molecule has 4 heteroatoms. The molecule has 0 bridgehead atoms. The van der Waals surface area contributed by atoms with Crippen LogP contribution in [-0.2, 0) is 9.53 Å². The quantitative estimate of drug-likeness (QED) is 0.809. The maximum Gasteiger partial charge on any atom is 0.325 e. The van der Waals surface area contributed by atoms with E-state index in [4.69, 9.17) is 0 Å². The first-order valence-electron chi connectivity index (χ1n) is 4.58. The van der Waals surface area contributed by atoms with E-state index in [1.165, 1.54) is 17.2 Å². The summed E-state index contributed by atoms with van der Waals surface area (Å²) in [4.78, 5) is 11.0. The monoisotopic (exact) mass is 221 g/mol. The molecule has 1 N–H and O–H groups in total. The fourth-order valence-electron chi connectivity index (χ4n) is 1.37. The zero-order chi connectivity index (χ0) is 10.7. The number of thiophene rings is 1. The normalized spacial score (nSPS) is 10.2. The van der Waals surface area contributed by atoms with Crippen LogP contribution in [0.4, 0.5) is 5.69 Å². The largest absolute Gasteiger partial charge is 0.468 e. The third-order valence-corrected chi connectivity index (χ3v) is 3.09. The molecule has 3 nitrogen and oxygen atoms in total. The van der Waals surface area contributed by atoms with E-state index in [1.807, 2.05) is 17.5 Å². The number of methoxy groups -OCH3 is 1. The van der Waals surface area contributed by atoms with Gasteiger partial charge in [0.15, 0.2) is 0 Å². The molecule has 0 unspecified atom stereocenters. The molecule has 0 fully saturated rings. The van der Waals surface area contributed by atoms with Gasteiger partial charge in [0.25, 0.3) is 0 Å². The highest BCUT2D eigenvalue weighted by Gasteiger charge is 2.03. The van der Waals surface area contributed by atoms with Gasteiger partial charge in [-0.15, -0.1) is 11.3 Å². The van der Waals surface area contributed by atoms with Crippen molar-refractivity contribution in [1.29, 1.82) is 0 Å². The number of carbonyl (C=O) groups excluding carboxylic acids is 1. The lowest BCUT2D eigenvalue weighted by Gasteiger charge is -2.05. The van der Waals surface area contributed by atoms with Gasteiger partial charge < -0.3 is 10.1 Å². The number of anilines is 1. The SMILES string of the molecule is COC(=O)CNc1cccc2ccsc12. The maximum atomic E-state index is 11.0. The second-order valence-electron chi connectivity index (χ2n) is 3.07. The molecule has 1 aromatic heterocycles. The van der Waals surface area contributed by atoms with Crippen molar-refractivity contribution in [2.75, 3.05) is 19.0 Å². The van der Waals surface area contributed by atoms with Crippen molar-refractivity contribution in [3.63, 3.8) is 0 Å². The fraction of sp³-hybridized carbons (Fsp3) is 0.182. The highest BCUT2D eigenvalue weighted by molar-refractivity contribution is 7.17. The Morgan fingerprint density at radius 3 is 3.13 bits per heavy atom. The molecule has 1 heterocycles. The summed E-state index contributed by atoms with van der Waals surface area (Å²) in [6, 6.07) is 8.04. The molecular weight excluding hydrogens is 210 g/mol. The number of hydrogen-bond acceptors (Lipinski definition) is 4. The van der Waals surface area contributed by atoms with Gasteiger partial charge in [-0.05, 0) is 22.9 Å². The van der Waals surface area contributed by atoms with E-state index in [1.54, 1.807) is 11.3 Å². The third kappa shape index (κ3) is 2.10. The molecule has 1 aromatic carbocycles. The van der Waals surface area contributed by atoms with E-state index in [0.717, 1.165) is 5.69 Å². The van der Waals surface area contributed by atoms with Crippen LogP contribution in [0.1, 0.15) is 0 Å². The molecule has 2 rings (SSSR count). The first-order valence-corrected chi connectivity index (χ1v) is 5.46. The summed E-state index contributed by atoms with van der Waals surface area (Å²) in [6.45, 7) is 0.202. The average Bonchev–Trinajstić information content (AvgIpc) is 2.74. The summed E-state index contributed by atoms with van der Waals surface area (Å²) in [5, 5.41) is 6.29. The summed E-state index contributed by atoms with van der Waals surface area (Å²) in [5.74, 6) is -0.261. The van der Waals surface area contributed by atoms with E-state index in [9.17, 15) is 4.79 Å². The van der Waals surface area contributed by atoms with Crippen LogP contribution in [-0.4, -0.2) is 19.6 Å². The van der Waals surface area contributed by atoms with Crippen LogP contribution in [0, 0.1) is 0 Å². The number of hydrogen-bond donors (Lipinski definition) is 1. The van der Waals surface area contributed by atoms with Gasteiger partial charge in [0.05, 0.1) is 17.5 Å². The predicted molar refractivity (Wildman–Crippen MR) is 62.3 cm³/mol. The molecule has 0 amide bonds. The Labute approximate surface area is 91.7 Å². The lowest BCUT2D eigenvalue weighted by Crippen LogP contribution is -2.14. The Kier molecular flexibility index (Phi) is 2.87. The molecule has 0 spiro atoms. The summed E-state index contributed by atoms with van der Waals surface area (Å²) < 4.78 is 5.74. The van der Waals surface area contributed by atoms with Crippen LogP contribution < -0.4 is 5.32 Å². The summed E-state index contributed by atoms with van der Waals surface area (Å²) in [6.07, 6.45) is 0. The van der Waals surface area contributed by atoms with Crippen molar-refractivity contribution in [3.8, 4) is 0 Å². The van der Waals surface area contributed by atoms with Crippen molar-refractivity contribution in [3.05, 3.63) is 29.6 Å². The molecule has 0 atom stereocenters. The number of esters is 1. The van der Waals surface area contributed by atoms with E-state index < -0.39 is 0 Å². The number of carbonyl (C=O) groups is 1. The lowest BCUT2D eigenvalue weighted by atomic mass is 10.2. The van der Waals surface area contributed by atoms with E-state index in [-0.39, 0.29) is 12.5 Å². The molecule has 0 saturated heterocycles. The average molecular weight is 221 g/mol. The summed E-state index contributed by atoms with van der Waals surface area (Å²) >= 11 is 1.66. The fourth-order valence-corrected chi connectivity index (χ4v) is 2.26. The Balaban J connectivity index is 2.20. The van der Waals surface area contributed by atoms with Gasteiger partial charge in [-0.2, -0.15) is 0 Å². The minimum atomic E-state index is -0.261. The molecule has 0 aliphatic heterocycles. The molecular formula is C11H11NO2S. The van der Waals surface area contributed by atoms with E-state index in [0.29, 0.717) is 0 Å². The van der Waals surface area contributed by atoms with Crippen molar-refractivity contribution in [2.24, 2.45) is 0 Å². The van der Waals surface area contributed by atoms with Gasteiger partial charge >= 0.3 is 5.97 Å². The topological polar surface area (TPSA) is 38.3 Å². The first kappa shape index (κ1) is 9.98. The second kappa shape index (κ2) is 4.31. The molecule has 0 saturated carbocycles. The Morgan fingerprint density at radius 2 is 2.33 bits per heavy atom. The Hall–Kier alpha value is -1.55. The second-order valence-corrected chi connectivity index (χ2v) is 3.99. The van der Waals surface area contributed by atoms with Gasteiger partial charge in [-0.25, -0.2) is 0 Å². The van der Waals surface area contributed by atoms with Gasteiger partial charge in [0, 0.05) is 0 Å². The van der Waals surface area contributed by atoms with Gasteiger partial charge in [0.2, 0.25) is 0 Å². The zero-order valence-electron chi connectivity index (χ0n) is 8.32. The van der Waals surface area contributed by atoms with E-state index in [2.05, 4.69) is 22.2 Å². The Bertz CT molecular complexity index is 478. The zero-order valence-corrected chi connectivity index (χ0v) is 9.14. The van der Waals surface area contributed by atoms with Crippen LogP contribution in [0.3, 0.4) is 0 Å². The molecule has 0 aliphatic carbocycles. The number of rotatable bonds is 3. The van der Waals surface area contributed by atoms with Gasteiger partial charge in [-0.1, -0.05) is 12.1 Å². The smallest absolute Gasteiger partial charge is 0.325 e. The number of fused-ring (bicyclic) bond motifs is 1. The summed E-state index contributed by atoms with van der Waals surface area (Å²) in [5.41, 5.74) is 0.980. The van der Waals surface area contributed by atoms with Crippen LogP contribution >= 0.6 is 11.3 Å². The van der Waals surface area contributed by atoms with Crippen LogP contribution in [0.2, 0.25) is 0 Å².